The number of benzene rings is 2. The Kier molecular flexibility index (Phi) is 15.2. The highest BCUT2D eigenvalue weighted by atomic mass is 28.3. The van der Waals surface area contributed by atoms with Crippen molar-refractivity contribution in [1.82, 2.24) is 0 Å². The van der Waals surface area contributed by atoms with Crippen LogP contribution in [0.1, 0.15) is 91.8 Å². The highest BCUT2D eigenvalue weighted by Crippen LogP contribution is 2.16. The fourth-order valence-electron chi connectivity index (χ4n) is 4.33. The van der Waals surface area contributed by atoms with Crippen LogP contribution in [0.3, 0.4) is 0 Å². The molecule has 8 heteroatoms. The Morgan fingerprint density at radius 3 is 1.36 bits per heavy atom. The van der Waals surface area contributed by atoms with Gasteiger partial charge in [0.2, 0.25) is 6.29 Å². The minimum atomic E-state index is -1.74. The molecule has 0 saturated carbocycles. The molecule has 0 unspecified atom stereocenters. The van der Waals surface area contributed by atoms with Crippen molar-refractivity contribution in [2.75, 3.05) is 0 Å². The maximum atomic E-state index is 12.7. The number of hydrogen-bond donors (Lipinski definition) is 0. The number of unbranched alkanes of at least 4 members (excludes halogenated alkanes) is 8. The van der Waals surface area contributed by atoms with E-state index in [1.165, 1.54) is 38.5 Å². The lowest BCUT2D eigenvalue weighted by atomic mass is 10.1. The molecule has 0 spiro atoms. The molecule has 230 valence electrons. The van der Waals surface area contributed by atoms with Crippen molar-refractivity contribution in [3.8, 4) is 0 Å². The molecule has 0 N–H and O–H groups in total. The predicted octanol–water partition coefficient (Wildman–Crippen LogP) is 8.09. The minimum absolute atomic E-state index is 0.359. The van der Waals surface area contributed by atoms with Crippen molar-refractivity contribution in [2.45, 2.75) is 104 Å². The minimum Gasteiger partial charge on any atom is -0.290 e. The lowest BCUT2D eigenvalue weighted by Crippen LogP contribution is -2.39. The van der Waals surface area contributed by atoms with Crippen LogP contribution in [-0.4, -0.2) is 34.4 Å². The molecule has 2 aromatic carbocycles. The molecule has 0 aliphatic rings. The third-order valence-electron chi connectivity index (χ3n) is 7.76. The van der Waals surface area contributed by atoms with E-state index in [2.05, 4.69) is 46.3 Å². The van der Waals surface area contributed by atoms with E-state index >= 15 is 0 Å². The Balaban J connectivity index is 1.94. The Morgan fingerprint density at radius 1 is 0.643 bits per heavy atom. The highest BCUT2D eigenvalue weighted by molar-refractivity contribution is 6.94. The lowest BCUT2D eigenvalue weighted by molar-refractivity contribution is -0.421. The SMILES string of the molecule is C=C[Si](C)(C)c1ccc(C(=O)OOC(CCCCCCCCCCC)OOC(=O)c2ccc([Si](C)(C)C=C)cc2)cc1. The quantitative estimate of drug-likeness (QED) is 0.0496. The monoisotopic (exact) mass is 610 g/mol. The molecule has 0 bridgehead atoms. The van der Waals surface area contributed by atoms with Crippen LogP contribution in [0.25, 0.3) is 0 Å². The molecule has 0 saturated heterocycles. The first-order valence-corrected chi connectivity index (χ1v) is 21.4. The fraction of sp³-hybridized carbons (Fsp3) is 0.471. The number of rotatable bonds is 20. The van der Waals surface area contributed by atoms with Crippen LogP contribution in [0.2, 0.25) is 26.2 Å². The molecule has 0 aromatic heterocycles. The van der Waals surface area contributed by atoms with Gasteiger partial charge in [-0.3, -0.25) is 9.78 Å². The van der Waals surface area contributed by atoms with E-state index < -0.39 is 34.4 Å². The van der Waals surface area contributed by atoms with E-state index in [4.69, 9.17) is 19.6 Å². The van der Waals surface area contributed by atoms with Gasteiger partial charge in [0.1, 0.15) is 16.1 Å². The van der Waals surface area contributed by atoms with Crippen molar-refractivity contribution in [1.29, 1.82) is 0 Å². The molecule has 2 rings (SSSR count). The zero-order valence-electron chi connectivity index (χ0n) is 26.3. The standard InChI is InChI=1S/C34H50O6Si2/c1-8-11-12-13-14-15-16-17-18-19-32(37-39-33(35)28-20-24-30(25-21-28)41(4,5)9-2)38-40-34(36)29-22-26-31(27-23-29)42(6,7)10-3/h9-10,20-27,32H,2-3,8,11-19H2,1,4-7H3. The second-order valence-corrected chi connectivity index (χ2v) is 20.8. The van der Waals surface area contributed by atoms with Gasteiger partial charge in [-0.15, -0.1) is 22.9 Å². The second kappa shape index (κ2) is 18.0. The van der Waals surface area contributed by atoms with Gasteiger partial charge in [-0.05, 0) is 30.7 Å². The molecule has 0 radical (unpaired) electrons. The third-order valence-corrected chi connectivity index (χ3v) is 13.4. The zero-order chi connectivity index (χ0) is 31.0. The summed E-state index contributed by atoms with van der Waals surface area (Å²) in [6, 6.07) is 14.6. The first kappa shape index (κ1) is 35.4. The van der Waals surface area contributed by atoms with E-state index in [9.17, 15) is 9.59 Å². The molecule has 0 atom stereocenters. The summed E-state index contributed by atoms with van der Waals surface area (Å²) < 4.78 is 0. The normalized spacial score (nSPS) is 11.8. The molecule has 0 aliphatic heterocycles. The molecular formula is C34H50O6Si2. The van der Waals surface area contributed by atoms with E-state index in [1.54, 1.807) is 24.3 Å². The van der Waals surface area contributed by atoms with Gasteiger partial charge in [0.25, 0.3) is 0 Å². The van der Waals surface area contributed by atoms with E-state index in [0.29, 0.717) is 17.5 Å². The topological polar surface area (TPSA) is 71.1 Å². The van der Waals surface area contributed by atoms with Gasteiger partial charge in [0.05, 0.1) is 11.1 Å². The Morgan fingerprint density at radius 2 is 1.00 bits per heavy atom. The summed E-state index contributed by atoms with van der Waals surface area (Å²) in [7, 11) is -3.47. The fourth-order valence-corrected chi connectivity index (χ4v) is 6.86. The van der Waals surface area contributed by atoms with Gasteiger partial charge in [0.15, 0.2) is 0 Å². The van der Waals surface area contributed by atoms with Gasteiger partial charge in [-0.2, -0.15) is 0 Å². The van der Waals surface area contributed by atoms with Gasteiger partial charge in [0, 0.05) is 6.42 Å². The highest BCUT2D eigenvalue weighted by Gasteiger charge is 2.23. The summed E-state index contributed by atoms with van der Waals surface area (Å²) in [6.45, 7) is 18.8. The van der Waals surface area contributed by atoms with Crippen LogP contribution in [0.4, 0.5) is 0 Å². The van der Waals surface area contributed by atoms with E-state index in [0.717, 1.165) is 29.6 Å². The van der Waals surface area contributed by atoms with Crippen molar-refractivity contribution >= 4 is 38.5 Å². The number of hydrogen-bond acceptors (Lipinski definition) is 6. The number of carbonyl (C=O) groups excluding carboxylic acids is 2. The average Bonchev–Trinajstić information content (AvgIpc) is 3.00. The summed E-state index contributed by atoms with van der Waals surface area (Å²) in [5, 5.41) is 2.33. The molecule has 0 amide bonds. The van der Waals surface area contributed by atoms with Crippen LogP contribution in [0.5, 0.6) is 0 Å². The first-order valence-electron chi connectivity index (χ1n) is 15.3. The summed E-state index contributed by atoms with van der Waals surface area (Å²) in [4.78, 5) is 46.3. The van der Waals surface area contributed by atoms with E-state index in [1.807, 2.05) is 35.7 Å². The van der Waals surface area contributed by atoms with Crippen LogP contribution >= 0.6 is 0 Å². The van der Waals surface area contributed by atoms with Crippen LogP contribution in [-0.2, 0) is 19.6 Å². The lowest BCUT2D eigenvalue weighted by Gasteiger charge is -2.18. The molecule has 6 nitrogen and oxygen atoms in total. The Bertz CT molecular complexity index is 1050. The molecule has 0 fully saturated rings. The summed E-state index contributed by atoms with van der Waals surface area (Å²) >= 11 is 0. The molecule has 42 heavy (non-hydrogen) atoms. The Hall–Kier alpha value is -2.79. The molecule has 0 heterocycles. The zero-order valence-corrected chi connectivity index (χ0v) is 28.3. The van der Waals surface area contributed by atoms with Crippen molar-refractivity contribution < 1.29 is 29.1 Å². The molecular weight excluding hydrogens is 561 g/mol. The largest absolute Gasteiger partial charge is 0.373 e. The summed E-state index contributed by atoms with van der Waals surface area (Å²) in [6.07, 6.45) is 9.77. The van der Waals surface area contributed by atoms with Crippen molar-refractivity contribution in [3.63, 3.8) is 0 Å². The first-order chi connectivity index (χ1) is 20.0. The van der Waals surface area contributed by atoms with Crippen LogP contribution in [0.15, 0.2) is 73.1 Å². The van der Waals surface area contributed by atoms with Gasteiger partial charge in [-0.1, -0.05) is 131 Å². The van der Waals surface area contributed by atoms with Gasteiger partial charge >= 0.3 is 11.9 Å². The van der Waals surface area contributed by atoms with Crippen molar-refractivity contribution in [2.24, 2.45) is 0 Å². The average molecular weight is 611 g/mol. The summed E-state index contributed by atoms with van der Waals surface area (Å²) in [5.74, 6) is -1.28. The maximum absolute atomic E-state index is 12.7. The van der Waals surface area contributed by atoms with Crippen LogP contribution in [0, 0.1) is 0 Å². The Labute approximate surface area is 255 Å². The second-order valence-electron chi connectivity index (χ2n) is 12.0. The smallest absolute Gasteiger partial charge is 0.290 e. The maximum Gasteiger partial charge on any atom is 0.373 e. The van der Waals surface area contributed by atoms with Crippen molar-refractivity contribution in [3.05, 3.63) is 84.2 Å². The third kappa shape index (κ3) is 11.8. The van der Waals surface area contributed by atoms with Gasteiger partial charge in [-0.25, -0.2) is 9.59 Å². The predicted molar refractivity (Wildman–Crippen MR) is 176 cm³/mol. The van der Waals surface area contributed by atoms with Gasteiger partial charge < -0.3 is 0 Å². The number of carbonyl (C=O) groups is 2. The molecule has 0 aliphatic carbocycles. The van der Waals surface area contributed by atoms with E-state index in [-0.39, 0.29) is 0 Å². The summed E-state index contributed by atoms with van der Waals surface area (Å²) in [5.41, 5.74) is 4.71. The van der Waals surface area contributed by atoms with Crippen LogP contribution < -0.4 is 10.4 Å². The molecule has 2 aromatic rings.